The normalized spacial score (nSPS) is 18.4. The summed E-state index contributed by atoms with van der Waals surface area (Å²) in [6, 6.07) is 6.41. The van der Waals surface area contributed by atoms with Gasteiger partial charge in [-0.2, -0.15) is 0 Å². The summed E-state index contributed by atoms with van der Waals surface area (Å²) in [5.41, 5.74) is 3.87. The minimum absolute atomic E-state index is 0.873. The van der Waals surface area contributed by atoms with E-state index in [1.165, 1.54) is 22.8 Å². The molecule has 0 aliphatic carbocycles. The highest BCUT2D eigenvalue weighted by Crippen LogP contribution is 2.33. The Morgan fingerprint density at radius 2 is 2.36 bits per heavy atom. The molecular formula is C11H13N3. The van der Waals surface area contributed by atoms with Crippen LogP contribution in [0, 0.1) is 6.92 Å². The van der Waals surface area contributed by atoms with Crippen molar-refractivity contribution in [1.82, 2.24) is 0 Å². The van der Waals surface area contributed by atoms with E-state index in [2.05, 4.69) is 40.3 Å². The average molecular weight is 187 g/mol. The van der Waals surface area contributed by atoms with Crippen molar-refractivity contribution in [2.45, 2.75) is 6.92 Å². The SMILES string of the molecule is Cc1cccc2c1NCC1=NCCN12. The fourth-order valence-electron chi connectivity index (χ4n) is 2.18. The monoisotopic (exact) mass is 187 g/mol. The first-order valence-electron chi connectivity index (χ1n) is 5.00. The van der Waals surface area contributed by atoms with Gasteiger partial charge in [0.15, 0.2) is 0 Å². The molecule has 0 atom stereocenters. The molecule has 1 N–H and O–H groups in total. The van der Waals surface area contributed by atoms with Crippen molar-refractivity contribution >= 4 is 17.2 Å². The van der Waals surface area contributed by atoms with Crippen LogP contribution in [0.25, 0.3) is 0 Å². The second-order valence-electron chi connectivity index (χ2n) is 3.77. The van der Waals surface area contributed by atoms with Crippen LogP contribution in [0.1, 0.15) is 5.56 Å². The Labute approximate surface area is 83.4 Å². The molecule has 0 aromatic heterocycles. The number of para-hydroxylation sites is 1. The predicted molar refractivity (Wildman–Crippen MR) is 59.3 cm³/mol. The Morgan fingerprint density at radius 1 is 1.43 bits per heavy atom. The van der Waals surface area contributed by atoms with Gasteiger partial charge in [-0.25, -0.2) is 0 Å². The molecule has 2 aliphatic rings. The van der Waals surface area contributed by atoms with Crippen molar-refractivity contribution in [1.29, 1.82) is 0 Å². The maximum Gasteiger partial charge on any atom is 0.123 e. The standard InChI is InChI=1S/C11H13N3/c1-8-3-2-4-9-11(8)13-7-10-12-5-6-14(9)10/h2-4,13H,5-7H2,1H3. The van der Waals surface area contributed by atoms with E-state index in [0.29, 0.717) is 0 Å². The van der Waals surface area contributed by atoms with E-state index < -0.39 is 0 Å². The summed E-state index contributed by atoms with van der Waals surface area (Å²) in [7, 11) is 0. The van der Waals surface area contributed by atoms with Gasteiger partial charge in [-0.15, -0.1) is 0 Å². The second-order valence-corrected chi connectivity index (χ2v) is 3.77. The summed E-state index contributed by atoms with van der Waals surface area (Å²) in [6.07, 6.45) is 0. The summed E-state index contributed by atoms with van der Waals surface area (Å²) in [4.78, 5) is 6.78. The molecule has 0 saturated carbocycles. The third kappa shape index (κ3) is 0.953. The number of hydrogen-bond donors (Lipinski definition) is 1. The summed E-state index contributed by atoms with van der Waals surface area (Å²) in [6.45, 7) is 4.99. The van der Waals surface area contributed by atoms with Crippen molar-refractivity contribution in [2.75, 3.05) is 29.9 Å². The second kappa shape index (κ2) is 2.74. The van der Waals surface area contributed by atoms with Crippen LogP contribution in [0.2, 0.25) is 0 Å². The number of anilines is 2. The topological polar surface area (TPSA) is 27.6 Å². The highest BCUT2D eigenvalue weighted by molar-refractivity contribution is 6.07. The average Bonchev–Trinajstić information content (AvgIpc) is 2.66. The summed E-state index contributed by atoms with van der Waals surface area (Å²) >= 11 is 0. The highest BCUT2D eigenvalue weighted by atomic mass is 15.3. The van der Waals surface area contributed by atoms with Gasteiger partial charge in [0, 0.05) is 6.54 Å². The van der Waals surface area contributed by atoms with E-state index in [-0.39, 0.29) is 0 Å². The molecule has 72 valence electrons. The highest BCUT2D eigenvalue weighted by Gasteiger charge is 2.25. The number of fused-ring (bicyclic) bond motifs is 3. The minimum Gasteiger partial charge on any atom is -0.376 e. The number of amidine groups is 1. The summed E-state index contributed by atoms with van der Waals surface area (Å²) < 4.78 is 0. The molecule has 1 aromatic rings. The largest absolute Gasteiger partial charge is 0.376 e. The molecule has 0 spiro atoms. The number of benzene rings is 1. The number of hydrogen-bond acceptors (Lipinski definition) is 3. The Hall–Kier alpha value is -1.51. The molecule has 2 aliphatic heterocycles. The molecule has 0 saturated heterocycles. The summed E-state index contributed by atoms with van der Waals surface area (Å²) in [5, 5.41) is 3.43. The van der Waals surface area contributed by atoms with Crippen LogP contribution in [-0.2, 0) is 0 Å². The van der Waals surface area contributed by atoms with E-state index in [1.54, 1.807) is 0 Å². The third-order valence-corrected chi connectivity index (χ3v) is 2.89. The zero-order valence-corrected chi connectivity index (χ0v) is 8.25. The molecule has 0 radical (unpaired) electrons. The Bertz CT molecular complexity index is 409. The zero-order valence-electron chi connectivity index (χ0n) is 8.25. The molecule has 3 heteroatoms. The van der Waals surface area contributed by atoms with Crippen molar-refractivity contribution in [3.8, 4) is 0 Å². The third-order valence-electron chi connectivity index (χ3n) is 2.89. The first-order chi connectivity index (χ1) is 6.86. The van der Waals surface area contributed by atoms with Gasteiger partial charge in [-0.05, 0) is 18.6 Å². The molecule has 0 unspecified atom stereocenters. The molecule has 0 fully saturated rings. The van der Waals surface area contributed by atoms with Gasteiger partial charge in [0.25, 0.3) is 0 Å². The molecular weight excluding hydrogens is 174 g/mol. The van der Waals surface area contributed by atoms with Crippen LogP contribution in [0.3, 0.4) is 0 Å². The first kappa shape index (κ1) is 7.85. The van der Waals surface area contributed by atoms with E-state index in [1.807, 2.05) is 0 Å². The van der Waals surface area contributed by atoms with Crippen molar-refractivity contribution in [3.05, 3.63) is 23.8 Å². The van der Waals surface area contributed by atoms with E-state index >= 15 is 0 Å². The first-order valence-corrected chi connectivity index (χ1v) is 5.00. The fraction of sp³-hybridized carbons (Fsp3) is 0.364. The van der Waals surface area contributed by atoms with Gasteiger partial charge in [0.2, 0.25) is 0 Å². The maximum absolute atomic E-state index is 4.47. The number of rotatable bonds is 0. The van der Waals surface area contributed by atoms with Gasteiger partial charge in [-0.1, -0.05) is 12.1 Å². The van der Waals surface area contributed by atoms with Gasteiger partial charge in [-0.3, -0.25) is 4.99 Å². The van der Waals surface area contributed by atoms with Crippen molar-refractivity contribution in [3.63, 3.8) is 0 Å². The van der Waals surface area contributed by atoms with Crippen LogP contribution >= 0.6 is 0 Å². The van der Waals surface area contributed by atoms with E-state index in [0.717, 1.165) is 19.6 Å². The van der Waals surface area contributed by atoms with Gasteiger partial charge < -0.3 is 10.2 Å². The number of nitrogens with one attached hydrogen (secondary N) is 1. The van der Waals surface area contributed by atoms with Gasteiger partial charge >= 0.3 is 0 Å². The molecule has 0 amide bonds. The maximum atomic E-state index is 4.47. The lowest BCUT2D eigenvalue weighted by molar-refractivity contribution is 1.01. The van der Waals surface area contributed by atoms with Crippen LogP contribution in [0.15, 0.2) is 23.2 Å². The van der Waals surface area contributed by atoms with Crippen LogP contribution in [0.5, 0.6) is 0 Å². The van der Waals surface area contributed by atoms with Crippen molar-refractivity contribution < 1.29 is 0 Å². The molecule has 0 bridgehead atoms. The quantitative estimate of drug-likeness (QED) is 0.668. The lowest BCUT2D eigenvalue weighted by atomic mass is 10.1. The zero-order chi connectivity index (χ0) is 9.54. The Balaban J connectivity index is 2.15. The Kier molecular flexibility index (Phi) is 1.54. The number of aryl methyl sites for hydroxylation is 1. The van der Waals surface area contributed by atoms with E-state index in [9.17, 15) is 0 Å². The van der Waals surface area contributed by atoms with Gasteiger partial charge in [0.1, 0.15) is 5.84 Å². The predicted octanol–water partition coefficient (Wildman–Crippen LogP) is 1.64. The lowest BCUT2D eigenvalue weighted by Gasteiger charge is -2.30. The minimum atomic E-state index is 0.873. The van der Waals surface area contributed by atoms with Gasteiger partial charge in [0.05, 0.1) is 24.5 Å². The Morgan fingerprint density at radius 3 is 3.29 bits per heavy atom. The molecule has 14 heavy (non-hydrogen) atoms. The van der Waals surface area contributed by atoms with Crippen LogP contribution in [0.4, 0.5) is 11.4 Å². The number of nitrogens with zero attached hydrogens (tertiary/aromatic N) is 2. The van der Waals surface area contributed by atoms with Crippen LogP contribution < -0.4 is 10.2 Å². The fourth-order valence-corrected chi connectivity index (χ4v) is 2.18. The molecule has 2 heterocycles. The summed E-state index contributed by atoms with van der Waals surface area (Å²) in [5.74, 6) is 1.18. The van der Waals surface area contributed by atoms with Crippen LogP contribution in [-0.4, -0.2) is 25.5 Å². The lowest BCUT2D eigenvalue weighted by Crippen LogP contribution is -2.37. The van der Waals surface area contributed by atoms with Crippen molar-refractivity contribution in [2.24, 2.45) is 4.99 Å². The smallest absolute Gasteiger partial charge is 0.123 e. The molecule has 3 nitrogen and oxygen atoms in total. The van der Waals surface area contributed by atoms with E-state index in [4.69, 9.17) is 0 Å². The molecule has 3 rings (SSSR count). The molecule has 1 aromatic carbocycles. The number of aliphatic imine (C=N–C) groups is 1.